The summed E-state index contributed by atoms with van der Waals surface area (Å²) >= 11 is 0. The van der Waals surface area contributed by atoms with Gasteiger partial charge in [0, 0.05) is 30.3 Å². The monoisotopic (exact) mass is 353 g/mol. The van der Waals surface area contributed by atoms with Crippen molar-refractivity contribution in [2.24, 2.45) is 0 Å². The highest BCUT2D eigenvalue weighted by Gasteiger charge is 2.20. The molecule has 4 heteroatoms. The molecular weight excluding hydrogens is 322 g/mol. The van der Waals surface area contributed by atoms with Gasteiger partial charge < -0.3 is 9.84 Å². The van der Waals surface area contributed by atoms with Crippen LogP contribution in [-0.4, -0.2) is 23.1 Å². The molecule has 0 radical (unpaired) electrons. The fourth-order valence-electron chi connectivity index (χ4n) is 4.52. The van der Waals surface area contributed by atoms with Crippen LogP contribution in [0.1, 0.15) is 67.5 Å². The first-order valence-corrected chi connectivity index (χ1v) is 10.3. The summed E-state index contributed by atoms with van der Waals surface area (Å²) in [5.41, 5.74) is 5.04. The van der Waals surface area contributed by atoms with Gasteiger partial charge in [-0.15, -0.1) is 0 Å². The molecule has 1 fully saturated rings. The van der Waals surface area contributed by atoms with Crippen LogP contribution in [0.2, 0.25) is 0 Å². The normalized spacial score (nSPS) is 18.1. The zero-order chi connectivity index (χ0) is 17.8. The number of fused-ring (bicyclic) bond motifs is 1. The Morgan fingerprint density at radius 1 is 1.08 bits per heavy atom. The van der Waals surface area contributed by atoms with E-state index in [2.05, 4.69) is 46.7 Å². The van der Waals surface area contributed by atoms with Crippen molar-refractivity contribution in [2.75, 3.05) is 12.4 Å². The molecule has 2 aliphatic rings. The number of hydrogen-bond donors (Lipinski definition) is 1. The summed E-state index contributed by atoms with van der Waals surface area (Å²) in [7, 11) is 2.28. The summed E-state index contributed by atoms with van der Waals surface area (Å²) in [5, 5.41) is 7.95. The van der Waals surface area contributed by atoms with Gasteiger partial charge in [0.25, 0.3) is 0 Å². The minimum atomic E-state index is 0.736. The number of aromatic nitrogens is 1. The summed E-state index contributed by atoms with van der Waals surface area (Å²) in [6.07, 6.45) is 11.5. The molecule has 1 saturated carbocycles. The Labute approximate surface area is 156 Å². The molecular formula is C22H31N3O. The Hall–Kier alpha value is -1.81. The largest absolute Gasteiger partial charge is 0.379 e. The molecule has 0 unspecified atom stereocenters. The van der Waals surface area contributed by atoms with Crippen LogP contribution in [0.25, 0.3) is 0 Å². The van der Waals surface area contributed by atoms with E-state index in [4.69, 9.17) is 4.52 Å². The quantitative estimate of drug-likeness (QED) is 0.799. The standard InChI is InChI=1S/C22H31N3O/c1-25(18-10-3-2-4-11-18)16-17-9-5-7-13-20(17)23-15-21-19-12-6-8-14-22(19)26-24-21/h5,7,9,13,18,23H,2-4,6,8,10-12,14-16H2,1H3. The smallest absolute Gasteiger partial charge is 0.140 e. The first kappa shape index (κ1) is 17.6. The Kier molecular flexibility index (Phi) is 5.59. The number of nitrogens with one attached hydrogen (secondary N) is 1. The Morgan fingerprint density at radius 3 is 2.77 bits per heavy atom. The van der Waals surface area contributed by atoms with Gasteiger partial charge in [0.2, 0.25) is 0 Å². The molecule has 2 aromatic rings. The highest BCUT2D eigenvalue weighted by molar-refractivity contribution is 5.51. The number of hydrogen-bond acceptors (Lipinski definition) is 4. The van der Waals surface area contributed by atoms with Crippen LogP contribution in [0.4, 0.5) is 5.69 Å². The van der Waals surface area contributed by atoms with Crippen LogP contribution in [-0.2, 0) is 25.9 Å². The second-order valence-corrected chi connectivity index (χ2v) is 7.96. The van der Waals surface area contributed by atoms with E-state index in [-0.39, 0.29) is 0 Å². The van der Waals surface area contributed by atoms with Gasteiger partial charge in [-0.3, -0.25) is 4.90 Å². The number of aryl methyl sites for hydroxylation is 1. The lowest BCUT2D eigenvalue weighted by molar-refractivity contribution is 0.185. The van der Waals surface area contributed by atoms with Crippen LogP contribution < -0.4 is 5.32 Å². The maximum atomic E-state index is 5.55. The zero-order valence-corrected chi connectivity index (χ0v) is 16.0. The van der Waals surface area contributed by atoms with Gasteiger partial charge in [0.1, 0.15) is 11.5 Å². The lowest BCUT2D eigenvalue weighted by atomic mass is 9.94. The molecule has 26 heavy (non-hydrogen) atoms. The Morgan fingerprint density at radius 2 is 1.88 bits per heavy atom. The van der Waals surface area contributed by atoms with E-state index < -0.39 is 0 Å². The molecule has 0 bridgehead atoms. The third-order valence-corrected chi connectivity index (χ3v) is 6.11. The molecule has 0 saturated heterocycles. The number of anilines is 1. The maximum absolute atomic E-state index is 5.55. The van der Waals surface area contributed by atoms with Crippen LogP contribution in [0.15, 0.2) is 28.8 Å². The molecule has 4 nitrogen and oxygen atoms in total. The van der Waals surface area contributed by atoms with Crippen molar-refractivity contribution in [3.8, 4) is 0 Å². The van der Waals surface area contributed by atoms with Gasteiger partial charge >= 0.3 is 0 Å². The lowest BCUT2D eigenvalue weighted by Gasteiger charge is -2.31. The van der Waals surface area contributed by atoms with Crippen molar-refractivity contribution in [3.05, 3.63) is 46.8 Å². The minimum Gasteiger partial charge on any atom is -0.379 e. The van der Waals surface area contributed by atoms with Gasteiger partial charge in [0.15, 0.2) is 0 Å². The summed E-state index contributed by atoms with van der Waals surface area (Å²) in [6.45, 7) is 1.76. The molecule has 2 aliphatic carbocycles. The average molecular weight is 354 g/mol. The van der Waals surface area contributed by atoms with Crippen LogP contribution in [0.3, 0.4) is 0 Å². The highest BCUT2D eigenvalue weighted by Crippen LogP contribution is 2.27. The fourth-order valence-corrected chi connectivity index (χ4v) is 4.52. The van der Waals surface area contributed by atoms with Crippen LogP contribution in [0.5, 0.6) is 0 Å². The zero-order valence-electron chi connectivity index (χ0n) is 16.0. The van der Waals surface area contributed by atoms with E-state index >= 15 is 0 Å². The van der Waals surface area contributed by atoms with Gasteiger partial charge in [-0.05, 0) is 50.8 Å². The molecule has 0 aliphatic heterocycles. The topological polar surface area (TPSA) is 41.3 Å². The SMILES string of the molecule is CN(Cc1ccccc1NCc1noc2c1CCCC2)C1CCCCC1. The van der Waals surface area contributed by atoms with E-state index in [1.807, 2.05) is 0 Å². The number of rotatable bonds is 6. The minimum absolute atomic E-state index is 0.736. The Balaban J connectivity index is 1.41. The molecule has 1 heterocycles. The predicted molar refractivity (Wildman–Crippen MR) is 105 cm³/mol. The summed E-state index contributed by atoms with van der Waals surface area (Å²) < 4.78 is 5.55. The number of nitrogens with zero attached hydrogens (tertiary/aromatic N) is 2. The summed E-state index contributed by atoms with van der Waals surface area (Å²) in [5.74, 6) is 1.11. The average Bonchev–Trinajstić information content (AvgIpc) is 3.11. The summed E-state index contributed by atoms with van der Waals surface area (Å²) in [4.78, 5) is 2.54. The van der Waals surface area contributed by atoms with Crippen molar-refractivity contribution in [2.45, 2.75) is 76.9 Å². The molecule has 1 N–H and O–H groups in total. The van der Waals surface area contributed by atoms with E-state index in [1.54, 1.807) is 0 Å². The third kappa shape index (κ3) is 3.96. The molecule has 4 rings (SSSR count). The molecule has 0 spiro atoms. The van der Waals surface area contributed by atoms with Crippen molar-refractivity contribution < 1.29 is 4.52 Å². The molecule has 1 aromatic carbocycles. The lowest BCUT2D eigenvalue weighted by Crippen LogP contribution is -2.33. The van der Waals surface area contributed by atoms with E-state index in [1.165, 1.54) is 61.8 Å². The van der Waals surface area contributed by atoms with Crippen LogP contribution >= 0.6 is 0 Å². The number of benzene rings is 1. The van der Waals surface area contributed by atoms with Crippen molar-refractivity contribution in [3.63, 3.8) is 0 Å². The van der Waals surface area contributed by atoms with E-state index in [0.717, 1.165) is 43.4 Å². The first-order valence-electron chi connectivity index (χ1n) is 10.3. The predicted octanol–water partition coefficient (Wildman–Crippen LogP) is 4.93. The van der Waals surface area contributed by atoms with Crippen LogP contribution in [0, 0.1) is 0 Å². The number of para-hydroxylation sites is 1. The molecule has 0 atom stereocenters. The highest BCUT2D eigenvalue weighted by atomic mass is 16.5. The summed E-state index contributed by atoms with van der Waals surface area (Å²) in [6, 6.07) is 9.44. The second kappa shape index (κ2) is 8.26. The first-order chi connectivity index (χ1) is 12.8. The maximum Gasteiger partial charge on any atom is 0.140 e. The van der Waals surface area contributed by atoms with Gasteiger partial charge in [-0.25, -0.2) is 0 Å². The van der Waals surface area contributed by atoms with Gasteiger partial charge in [-0.2, -0.15) is 0 Å². The van der Waals surface area contributed by atoms with Crippen molar-refractivity contribution >= 4 is 5.69 Å². The molecule has 140 valence electrons. The van der Waals surface area contributed by atoms with E-state index in [0.29, 0.717) is 0 Å². The molecule has 0 amide bonds. The fraction of sp³-hybridized carbons (Fsp3) is 0.591. The van der Waals surface area contributed by atoms with E-state index in [9.17, 15) is 0 Å². The van der Waals surface area contributed by atoms with Crippen molar-refractivity contribution in [1.29, 1.82) is 0 Å². The molecule has 1 aromatic heterocycles. The van der Waals surface area contributed by atoms with Gasteiger partial charge in [-0.1, -0.05) is 42.6 Å². The Bertz CT molecular complexity index is 718. The second-order valence-electron chi connectivity index (χ2n) is 7.96. The third-order valence-electron chi connectivity index (χ3n) is 6.11. The van der Waals surface area contributed by atoms with Gasteiger partial charge in [0.05, 0.1) is 6.54 Å². The van der Waals surface area contributed by atoms with Crippen molar-refractivity contribution in [1.82, 2.24) is 10.1 Å².